The van der Waals surface area contributed by atoms with Crippen molar-refractivity contribution in [3.05, 3.63) is 81.4 Å². The minimum absolute atomic E-state index is 0. The quantitative estimate of drug-likeness (QED) is 0.649. The molecule has 0 fully saturated rings. The molecule has 0 bridgehead atoms. The van der Waals surface area contributed by atoms with Crippen molar-refractivity contribution in [2.24, 2.45) is 0 Å². The molecular formula is C19H14FNO4Y. The Hall–Kier alpha value is -2.18. The molecule has 26 heavy (non-hydrogen) atoms. The van der Waals surface area contributed by atoms with E-state index < -0.39 is 11.4 Å². The van der Waals surface area contributed by atoms with Gasteiger partial charge in [-0.05, 0) is 42.8 Å². The molecule has 0 aliphatic rings. The Bertz CT molecular complexity index is 1060. The number of hydrogen-bond acceptors (Lipinski definition) is 3. The van der Waals surface area contributed by atoms with Gasteiger partial charge in [0.2, 0.25) is 5.43 Å². The molecule has 5 nitrogen and oxygen atoms in total. The van der Waals surface area contributed by atoms with E-state index in [0.29, 0.717) is 11.1 Å². The molecule has 0 aliphatic heterocycles. The van der Waals surface area contributed by atoms with Crippen molar-refractivity contribution in [3.63, 3.8) is 0 Å². The van der Waals surface area contributed by atoms with Crippen LogP contribution in [0.4, 0.5) is 4.39 Å². The van der Waals surface area contributed by atoms with Crippen LogP contribution in [0.2, 0.25) is 0 Å². The zero-order valence-electron chi connectivity index (χ0n) is 13.9. The van der Waals surface area contributed by atoms with Gasteiger partial charge in [0.1, 0.15) is 11.4 Å². The Morgan fingerprint density at radius 1 is 1.12 bits per heavy atom. The number of aromatic carboxylic acids is 1. The maximum atomic E-state index is 13.1. The van der Waals surface area contributed by atoms with Gasteiger partial charge in [0.05, 0.1) is 5.52 Å². The fourth-order valence-corrected chi connectivity index (χ4v) is 2.69. The Balaban J connectivity index is 0.00000243. The van der Waals surface area contributed by atoms with E-state index in [4.69, 9.17) is 0 Å². The summed E-state index contributed by atoms with van der Waals surface area (Å²) in [7, 11) is 0. The first-order valence-electron chi connectivity index (χ1n) is 7.52. The van der Waals surface area contributed by atoms with Gasteiger partial charge in [0, 0.05) is 56.4 Å². The zero-order valence-corrected chi connectivity index (χ0v) is 16.7. The molecule has 1 N–H and O–H groups in total. The predicted molar refractivity (Wildman–Crippen MR) is 90.7 cm³/mol. The van der Waals surface area contributed by atoms with Gasteiger partial charge in [-0.1, -0.05) is 12.1 Å². The Morgan fingerprint density at radius 2 is 1.77 bits per heavy atom. The number of aromatic nitrogens is 1. The maximum absolute atomic E-state index is 13.1. The van der Waals surface area contributed by atoms with Crippen LogP contribution in [-0.2, 0) is 39.3 Å². The number of benzene rings is 2. The number of carboxylic acids is 1. The molecule has 0 aliphatic carbocycles. The topological polar surface area (TPSA) is 76.4 Å². The summed E-state index contributed by atoms with van der Waals surface area (Å²) in [4.78, 5) is 35.4. The second-order valence-electron chi connectivity index (χ2n) is 5.72. The summed E-state index contributed by atoms with van der Waals surface area (Å²) in [5, 5.41) is 9.46. The number of carboxylic acid groups (broad SMARTS) is 1. The molecule has 0 unspecified atom stereocenters. The maximum Gasteiger partial charge on any atom is 0.341 e. The number of carbonyl (C=O) groups is 2. The summed E-state index contributed by atoms with van der Waals surface area (Å²) < 4.78 is 14.7. The monoisotopic (exact) mass is 428 g/mol. The second kappa shape index (κ2) is 8.02. The summed E-state index contributed by atoms with van der Waals surface area (Å²) in [6, 6.07) is 10.4. The smallest absolute Gasteiger partial charge is 0.341 e. The number of Topliss-reactive ketones (excluding diaryl/α,β-unsaturated/α-hetero) is 1. The van der Waals surface area contributed by atoms with E-state index in [1.165, 1.54) is 31.3 Å². The van der Waals surface area contributed by atoms with Crippen molar-refractivity contribution in [2.75, 3.05) is 0 Å². The number of pyridine rings is 1. The molecule has 1 aromatic heterocycles. The van der Waals surface area contributed by atoms with Gasteiger partial charge in [-0.2, -0.15) is 0 Å². The first-order valence-corrected chi connectivity index (χ1v) is 7.52. The number of halogens is 1. The van der Waals surface area contributed by atoms with Crippen LogP contribution >= 0.6 is 0 Å². The third-order valence-corrected chi connectivity index (χ3v) is 3.98. The molecule has 3 aromatic rings. The minimum Gasteiger partial charge on any atom is -0.477 e. The molecule has 3 rings (SSSR count). The van der Waals surface area contributed by atoms with Crippen LogP contribution in [0.25, 0.3) is 10.9 Å². The van der Waals surface area contributed by atoms with Gasteiger partial charge in [-0.15, -0.1) is 0 Å². The number of hydrogen-bond donors (Lipinski definition) is 1. The average Bonchev–Trinajstić information content (AvgIpc) is 2.58. The minimum atomic E-state index is -1.34. The molecule has 0 spiro atoms. The normalized spacial score (nSPS) is 10.4. The molecule has 129 valence electrons. The van der Waals surface area contributed by atoms with Gasteiger partial charge in [-0.3, -0.25) is 9.59 Å². The summed E-state index contributed by atoms with van der Waals surface area (Å²) in [6.07, 6.45) is 1.27. The molecule has 0 saturated carbocycles. The van der Waals surface area contributed by atoms with E-state index in [-0.39, 0.29) is 61.8 Å². The van der Waals surface area contributed by atoms with E-state index in [9.17, 15) is 23.9 Å². The van der Waals surface area contributed by atoms with Crippen LogP contribution < -0.4 is 5.43 Å². The van der Waals surface area contributed by atoms with Crippen LogP contribution in [0.3, 0.4) is 0 Å². The number of fused-ring (bicyclic) bond motifs is 1. The van der Waals surface area contributed by atoms with Crippen LogP contribution in [-0.4, -0.2) is 21.4 Å². The van der Waals surface area contributed by atoms with Crippen molar-refractivity contribution in [2.45, 2.75) is 13.5 Å². The Labute approximate surface area is 173 Å². The van der Waals surface area contributed by atoms with Gasteiger partial charge in [0.15, 0.2) is 5.78 Å². The fourth-order valence-electron chi connectivity index (χ4n) is 2.69. The Kier molecular flexibility index (Phi) is 6.21. The van der Waals surface area contributed by atoms with E-state index in [1.54, 1.807) is 28.8 Å². The van der Waals surface area contributed by atoms with Crippen LogP contribution in [0.1, 0.15) is 33.2 Å². The molecule has 7 heteroatoms. The molecule has 2 aromatic carbocycles. The number of nitrogens with zero attached hydrogens (tertiary/aromatic N) is 1. The number of carbonyl (C=O) groups excluding carboxylic acids is 1. The van der Waals surface area contributed by atoms with Crippen molar-refractivity contribution < 1.29 is 51.8 Å². The van der Waals surface area contributed by atoms with E-state index in [0.717, 1.165) is 5.56 Å². The second-order valence-corrected chi connectivity index (χ2v) is 5.72. The van der Waals surface area contributed by atoms with E-state index >= 15 is 0 Å². The molecular weight excluding hydrogens is 414 g/mol. The predicted octanol–water partition coefficient (Wildman–Crippen LogP) is 3.09. The number of ketones is 1. The van der Waals surface area contributed by atoms with Crippen molar-refractivity contribution in [3.8, 4) is 0 Å². The number of rotatable bonds is 4. The van der Waals surface area contributed by atoms with Crippen molar-refractivity contribution in [1.82, 2.24) is 4.57 Å². The third-order valence-electron chi connectivity index (χ3n) is 3.98. The summed E-state index contributed by atoms with van der Waals surface area (Å²) in [6.45, 7) is 1.63. The molecule has 1 heterocycles. The van der Waals surface area contributed by atoms with Crippen LogP contribution in [0.15, 0.2) is 53.5 Å². The van der Waals surface area contributed by atoms with Gasteiger partial charge < -0.3 is 9.67 Å². The first-order chi connectivity index (χ1) is 11.9. The SMILES string of the molecule is CC(=O)c1ccc2c(c1)c(=O)c(C(=O)O)cn2Cc1ccc(F)cc1.[Y]. The first kappa shape index (κ1) is 20.1. The van der Waals surface area contributed by atoms with Gasteiger partial charge in [-0.25, -0.2) is 9.18 Å². The molecule has 0 amide bonds. The largest absolute Gasteiger partial charge is 0.477 e. The standard InChI is InChI=1S/C19H14FNO4.Y/c1-11(22)13-4-7-17-15(8-13)18(23)16(19(24)25)10-21(17)9-12-2-5-14(20)6-3-12;/h2-8,10H,9H2,1H3,(H,24,25);. The summed E-state index contributed by atoms with van der Waals surface area (Å²) in [5.74, 6) is -1.93. The summed E-state index contributed by atoms with van der Waals surface area (Å²) in [5.41, 5.74) is 0.569. The molecule has 0 atom stereocenters. The third kappa shape index (κ3) is 3.97. The van der Waals surface area contributed by atoms with E-state index in [2.05, 4.69) is 0 Å². The van der Waals surface area contributed by atoms with Crippen molar-refractivity contribution in [1.29, 1.82) is 0 Å². The van der Waals surface area contributed by atoms with Crippen LogP contribution in [0, 0.1) is 5.82 Å². The van der Waals surface area contributed by atoms with Gasteiger partial charge >= 0.3 is 5.97 Å². The van der Waals surface area contributed by atoms with Crippen LogP contribution in [0.5, 0.6) is 0 Å². The molecule has 1 radical (unpaired) electrons. The summed E-state index contributed by atoms with van der Waals surface area (Å²) >= 11 is 0. The van der Waals surface area contributed by atoms with E-state index in [1.807, 2.05) is 0 Å². The zero-order chi connectivity index (χ0) is 18.1. The fraction of sp³-hybridized carbons (Fsp3) is 0.105. The Morgan fingerprint density at radius 3 is 2.35 bits per heavy atom. The van der Waals surface area contributed by atoms with Crippen molar-refractivity contribution >= 4 is 22.7 Å². The molecule has 0 saturated heterocycles. The van der Waals surface area contributed by atoms with Gasteiger partial charge in [0.25, 0.3) is 0 Å². The average molecular weight is 428 g/mol.